The van der Waals surface area contributed by atoms with Gasteiger partial charge in [-0.15, -0.1) is 0 Å². The maximum absolute atomic E-state index is 12.3. The number of aryl methyl sites for hydroxylation is 1. The lowest BCUT2D eigenvalue weighted by atomic mass is 10.0. The number of ether oxygens (including phenoxy) is 2. The van der Waals surface area contributed by atoms with Gasteiger partial charge in [0.15, 0.2) is 18.5 Å². The van der Waals surface area contributed by atoms with E-state index in [1.807, 2.05) is 25.1 Å². The van der Waals surface area contributed by atoms with Gasteiger partial charge in [0.25, 0.3) is 5.91 Å². The quantitative estimate of drug-likeness (QED) is 0.531. The molecule has 0 fully saturated rings. The van der Waals surface area contributed by atoms with Crippen LogP contribution in [0.3, 0.4) is 0 Å². The lowest BCUT2D eigenvalue weighted by Crippen LogP contribution is -2.31. The summed E-state index contributed by atoms with van der Waals surface area (Å²) in [5.74, 6) is -0.271. The minimum absolute atomic E-state index is 0.102. The van der Waals surface area contributed by atoms with Crippen LogP contribution in [0.4, 0.5) is 5.69 Å². The molecular weight excluding hydrogens is 370 g/mol. The van der Waals surface area contributed by atoms with Gasteiger partial charge in [0.1, 0.15) is 5.75 Å². The van der Waals surface area contributed by atoms with Crippen molar-refractivity contribution in [2.45, 2.75) is 46.6 Å². The summed E-state index contributed by atoms with van der Waals surface area (Å²) < 4.78 is 10.7. The Balaban J connectivity index is 1.90. The Morgan fingerprint density at radius 1 is 1.03 bits per heavy atom. The highest BCUT2D eigenvalue weighted by atomic mass is 16.6. The zero-order chi connectivity index (χ0) is 21.6. The van der Waals surface area contributed by atoms with Crippen LogP contribution in [0.15, 0.2) is 42.5 Å². The van der Waals surface area contributed by atoms with Crippen molar-refractivity contribution < 1.29 is 23.9 Å². The molecule has 0 spiro atoms. The molecule has 0 radical (unpaired) electrons. The molecule has 1 atom stereocenters. The second kappa shape index (κ2) is 9.87. The summed E-state index contributed by atoms with van der Waals surface area (Å²) in [6.45, 7) is 8.69. The second-order valence-corrected chi connectivity index (χ2v) is 7.23. The predicted octanol–water partition coefficient (Wildman–Crippen LogP) is 4.27. The standard InChI is InChI=1S/C23H27NO5/c1-14(2)18-10-9-15(3)21(12-18)28-13-22(26)29-17(5)23(27)24-20-8-6-7-19(11-20)16(4)25/h6-12,14,17H,13H2,1-5H3,(H,24,27)/t17-/m0/s1. The summed E-state index contributed by atoms with van der Waals surface area (Å²) >= 11 is 0. The average molecular weight is 397 g/mol. The molecule has 1 N–H and O–H groups in total. The highest BCUT2D eigenvalue weighted by Crippen LogP contribution is 2.24. The molecule has 0 unspecified atom stereocenters. The van der Waals surface area contributed by atoms with Gasteiger partial charge in [-0.25, -0.2) is 4.79 Å². The first-order chi connectivity index (χ1) is 13.7. The van der Waals surface area contributed by atoms with Crippen LogP contribution in [-0.2, 0) is 14.3 Å². The summed E-state index contributed by atoms with van der Waals surface area (Å²) in [7, 11) is 0. The van der Waals surface area contributed by atoms with Crippen molar-refractivity contribution in [3.05, 3.63) is 59.2 Å². The fourth-order valence-electron chi connectivity index (χ4n) is 2.61. The molecular formula is C23H27NO5. The molecule has 0 aliphatic carbocycles. The molecule has 2 aromatic rings. The van der Waals surface area contributed by atoms with Gasteiger partial charge >= 0.3 is 5.97 Å². The van der Waals surface area contributed by atoms with Crippen LogP contribution in [0, 0.1) is 6.92 Å². The molecule has 29 heavy (non-hydrogen) atoms. The van der Waals surface area contributed by atoms with Crippen molar-refractivity contribution in [2.24, 2.45) is 0 Å². The van der Waals surface area contributed by atoms with E-state index in [0.717, 1.165) is 11.1 Å². The van der Waals surface area contributed by atoms with Crippen molar-refractivity contribution in [3.63, 3.8) is 0 Å². The van der Waals surface area contributed by atoms with Crippen LogP contribution in [0.25, 0.3) is 0 Å². The number of esters is 1. The normalized spacial score (nSPS) is 11.7. The largest absolute Gasteiger partial charge is 0.482 e. The first-order valence-corrected chi connectivity index (χ1v) is 9.52. The summed E-state index contributed by atoms with van der Waals surface area (Å²) in [4.78, 5) is 35.8. The van der Waals surface area contributed by atoms with E-state index in [1.165, 1.54) is 13.8 Å². The Bertz CT molecular complexity index is 904. The molecule has 2 aromatic carbocycles. The summed E-state index contributed by atoms with van der Waals surface area (Å²) in [6, 6.07) is 12.4. The number of carbonyl (C=O) groups excluding carboxylic acids is 3. The summed E-state index contributed by atoms with van der Waals surface area (Å²) in [6.07, 6.45) is -1.00. The Morgan fingerprint density at radius 3 is 2.41 bits per heavy atom. The molecule has 0 saturated carbocycles. The smallest absolute Gasteiger partial charge is 0.344 e. The van der Waals surface area contributed by atoms with Gasteiger partial charge in [0, 0.05) is 11.3 Å². The number of hydrogen-bond acceptors (Lipinski definition) is 5. The Labute approximate surface area is 171 Å². The molecule has 154 valence electrons. The third-order valence-corrected chi connectivity index (χ3v) is 4.44. The molecule has 0 aliphatic rings. The van der Waals surface area contributed by atoms with Crippen molar-refractivity contribution >= 4 is 23.3 Å². The first-order valence-electron chi connectivity index (χ1n) is 9.52. The molecule has 0 heterocycles. The number of hydrogen-bond donors (Lipinski definition) is 1. The monoisotopic (exact) mass is 397 g/mol. The van der Waals surface area contributed by atoms with Gasteiger partial charge in [-0.3, -0.25) is 9.59 Å². The number of nitrogens with one attached hydrogen (secondary N) is 1. The Morgan fingerprint density at radius 2 is 1.76 bits per heavy atom. The topological polar surface area (TPSA) is 81.7 Å². The van der Waals surface area contributed by atoms with E-state index in [4.69, 9.17) is 9.47 Å². The van der Waals surface area contributed by atoms with Crippen LogP contribution < -0.4 is 10.1 Å². The lowest BCUT2D eigenvalue weighted by molar-refractivity contribution is -0.155. The molecule has 2 rings (SSSR count). The summed E-state index contributed by atoms with van der Waals surface area (Å²) in [5.41, 5.74) is 2.97. The van der Waals surface area contributed by atoms with Gasteiger partial charge in [-0.05, 0) is 56.0 Å². The third kappa shape index (κ3) is 6.45. The minimum atomic E-state index is -1.00. The van der Waals surface area contributed by atoms with E-state index in [1.54, 1.807) is 24.3 Å². The van der Waals surface area contributed by atoms with Gasteiger partial charge in [-0.2, -0.15) is 0 Å². The van der Waals surface area contributed by atoms with Crippen LogP contribution >= 0.6 is 0 Å². The van der Waals surface area contributed by atoms with Gasteiger partial charge < -0.3 is 14.8 Å². The fraction of sp³-hybridized carbons (Fsp3) is 0.348. The Kier molecular flexibility index (Phi) is 7.53. The van der Waals surface area contributed by atoms with E-state index >= 15 is 0 Å². The SMILES string of the molecule is CC(=O)c1cccc(NC(=O)[C@H](C)OC(=O)COc2cc(C(C)C)ccc2C)c1. The third-order valence-electron chi connectivity index (χ3n) is 4.44. The average Bonchev–Trinajstić information content (AvgIpc) is 2.67. The number of rotatable bonds is 8. The number of benzene rings is 2. The van der Waals surface area contributed by atoms with Gasteiger partial charge in [-0.1, -0.05) is 38.1 Å². The molecule has 6 nitrogen and oxygen atoms in total. The van der Waals surface area contributed by atoms with Crippen molar-refractivity contribution in [3.8, 4) is 5.75 Å². The molecule has 1 amide bonds. The van der Waals surface area contributed by atoms with Crippen LogP contribution in [0.1, 0.15) is 55.1 Å². The van der Waals surface area contributed by atoms with Crippen LogP contribution in [0.2, 0.25) is 0 Å². The highest BCUT2D eigenvalue weighted by Gasteiger charge is 2.19. The van der Waals surface area contributed by atoms with Crippen LogP contribution in [0.5, 0.6) is 5.75 Å². The number of anilines is 1. The molecule has 0 saturated heterocycles. The summed E-state index contributed by atoms with van der Waals surface area (Å²) in [5, 5.41) is 2.64. The van der Waals surface area contributed by atoms with Crippen LogP contribution in [-0.4, -0.2) is 30.4 Å². The molecule has 0 bridgehead atoms. The number of Topliss-reactive ketones (excluding diaryl/α,β-unsaturated/α-hetero) is 1. The van der Waals surface area contributed by atoms with E-state index in [-0.39, 0.29) is 12.4 Å². The molecule has 6 heteroatoms. The van der Waals surface area contributed by atoms with Gasteiger partial charge in [0.05, 0.1) is 0 Å². The van der Waals surface area contributed by atoms with E-state index < -0.39 is 18.0 Å². The second-order valence-electron chi connectivity index (χ2n) is 7.23. The van der Waals surface area contributed by atoms with Crippen molar-refractivity contribution in [1.29, 1.82) is 0 Å². The maximum atomic E-state index is 12.3. The zero-order valence-electron chi connectivity index (χ0n) is 17.4. The zero-order valence-corrected chi connectivity index (χ0v) is 17.4. The fourth-order valence-corrected chi connectivity index (χ4v) is 2.61. The number of ketones is 1. The predicted molar refractivity (Wildman–Crippen MR) is 111 cm³/mol. The van der Waals surface area contributed by atoms with Gasteiger partial charge in [0.2, 0.25) is 0 Å². The van der Waals surface area contributed by atoms with Crippen molar-refractivity contribution in [1.82, 2.24) is 0 Å². The number of amides is 1. The van der Waals surface area contributed by atoms with Crippen molar-refractivity contribution in [2.75, 3.05) is 11.9 Å². The van der Waals surface area contributed by atoms with E-state index in [9.17, 15) is 14.4 Å². The lowest BCUT2D eigenvalue weighted by Gasteiger charge is -2.15. The molecule has 0 aromatic heterocycles. The minimum Gasteiger partial charge on any atom is -0.482 e. The highest BCUT2D eigenvalue weighted by molar-refractivity contribution is 5.98. The van der Waals surface area contributed by atoms with E-state index in [2.05, 4.69) is 19.2 Å². The van der Waals surface area contributed by atoms with E-state index in [0.29, 0.717) is 22.9 Å². The molecule has 0 aliphatic heterocycles. The maximum Gasteiger partial charge on any atom is 0.344 e. The Hall–Kier alpha value is -3.15. The first kappa shape index (κ1) is 22.1. The number of carbonyl (C=O) groups is 3.